The van der Waals surface area contributed by atoms with E-state index >= 15 is 0 Å². The van der Waals surface area contributed by atoms with Crippen LogP contribution in [0.4, 0.5) is 4.79 Å². The molecule has 0 bridgehead atoms. The normalized spacial score (nSPS) is 23.1. The summed E-state index contributed by atoms with van der Waals surface area (Å²) in [6.45, 7) is 7.19. The van der Waals surface area contributed by atoms with Gasteiger partial charge in [-0.05, 0) is 76.3 Å². The van der Waals surface area contributed by atoms with Crippen molar-refractivity contribution in [1.29, 1.82) is 0 Å². The van der Waals surface area contributed by atoms with Crippen molar-refractivity contribution < 1.29 is 14.3 Å². The van der Waals surface area contributed by atoms with Gasteiger partial charge < -0.3 is 9.64 Å². The van der Waals surface area contributed by atoms with E-state index in [9.17, 15) is 9.59 Å². The summed E-state index contributed by atoms with van der Waals surface area (Å²) in [6.07, 6.45) is 5.72. The molecule has 1 spiro atoms. The standard InChI is InChI=1S/C16H26ClNO3/c1-15(2,3)21-14(20)18-10-8-16(9-11-18)6-4-12(5-7-16)13(17)19/h12H,4-11H2,1-3H3. The molecular formula is C16H26ClNO3. The number of nitrogens with zero attached hydrogens (tertiary/aromatic N) is 1. The van der Waals surface area contributed by atoms with Crippen molar-refractivity contribution in [2.45, 2.75) is 64.9 Å². The first kappa shape index (κ1) is 16.6. The molecule has 1 heterocycles. The molecule has 2 fully saturated rings. The van der Waals surface area contributed by atoms with Crippen LogP contribution in [0.15, 0.2) is 0 Å². The van der Waals surface area contributed by atoms with Gasteiger partial charge in [0, 0.05) is 19.0 Å². The Morgan fingerprint density at radius 2 is 1.62 bits per heavy atom. The lowest BCUT2D eigenvalue weighted by Crippen LogP contribution is -2.46. The van der Waals surface area contributed by atoms with Crippen molar-refractivity contribution in [3.05, 3.63) is 0 Å². The second kappa shape index (κ2) is 6.15. The largest absolute Gasteiger partial charge is 0.444 e. The van der Waals surface area contributed by atoms with Gasteiger partial charge in [-0.15, -0.1) is 0 Å². The number of carbonyl (C=O) groups excluding carboxylic acids is 2. The molecule has 2 rings (SSSR count). The molecule has 5 heteroatoms. The fourth-order valence-electron chi connectivity index (χ4n) is 3.45. The van der Waals surface area contributed by atoms with E-state index in [1.165, 1.54) is 0 Å². The molecule has 0 radical (unpaired) electrons. The molecule has 1 amide bonds. The Morgan fingerprint density at radius 1 is 1.10 bits per heavy atom. The summed E-state index contributed by atoms with van der Waals surface area (Å²) in [7, 11) is 0. The second-order valence-corrected chi connectivity index (χ2v) is 7.92. The fraction of sp³-hybridized carbons (Fsp3) is 0.875. The van der Waals surface area contributed by atoms with Crippen molar-refractivity contribution in [1.82, 2.24) is 4.90 Å². The highest BCUT2D eigenvalue weighted by atomic mass is 35.5. The molecule has 1 saturated carbocycles. The topological polar surface area (TPSA) is 46.6 Å². The number of hydrogen-bond acceptors (Lipinski definition) is 3. The number of likely N-dealkylation sites (tertiary alicyclic amines) is 1. The molecule has 1 aliphatic heterocycles. The molecule has 0 aromatic heterocycles. The SMILES string of the molecule is CC(C)(C)OC(=O)N1CCC2(CCC(C(=O)Cl)CC2)CC1. The summed E-state index contributed by atoms with van der Waals surface area (Å²) in [6, 6.07) is 0. The Kier molecular flexibility index (Phi) is 4.86. The minimum atomic E-state index is -0.439. The van der Waals surface area contributed by atoms with Crippen molar-refractivity contribution in [3.63, 3.8) is 0 Å². The first-order valence-corrected chi connectivity index (χ1v) is 8.26. The van der Waals surface area contributed by atoms with Crippen LogP contribution in [0.1, 0.15) is 59.3 Å². The third-order valence-corrected chi connectivity index (χ3v) is 5.15. The van der Waals surface area contributed by atoms with Crippen LogP contribution in [0.25, 0.3) is 0 Å². The van der Waals surface area contributed by atoms with E-state index in [1.54, 1.807) is 0 Å². The molecule has 0 unspecified atom stereocenters. The first-order chi connectivity index (χ1) is 9.71. The summed E-state index contributed by atoms with van der Waals surface area (Å²) >= 11 is 5.60. The number of ether oxygens (including phenoxy) is 1. The van der Waals surface area contributed by atoms with E-state index < -0.39 is 5.60 Å². The summed E-state index contributed by atoms with van der Waals surface area (Å²) in [5.41, 5.74) is -0.133. The molecule has 0 N–H and O–H groups in total. The number of amides is 1. The monoisotopic (exact) mass is 315 g/mol. The molecule has 21 heavy (non-hydrogen) atoms. The number of halogens is 1. The minimum absolute atomic E-state index is 0.0428. The maximum Gasteiger partial charge on any atom is 0.410 e. The Bertz CT molecular complexity index is 398. The molecular weight excluding hydrogens is 290 g/mol. The van der Waals surface area contributed by atoms with Crippen LogP contribution in [0.5, 0.6) is 0 Å². The van der Waals surface area contributed by atoms with Gasteiger partial charge in [0.25, 0.3) is 0 Å². The predicted octanol–water partition coefficient (Wildman–Crippen LogP) is 3.96. The van der Waals surface area contributed by atoms with Crippen LogP contribution in [-0.2, 0) is 9.53 Å². The maximum absolute atomic E-state index is 12.1. The number of carbonyl (C=O) groups is 2. The predicted molar refractivity (Wildman–Crippen MR) is 82.3 cm³/mol. The van der Waals surface area contributed by atoms with Gasteiger partial charge in [-0.1, -0.05) is 0 Å². The summed E-state index contributed by atoms with van der Waals surface area (Å²) in [5, 5.41) is -0.184. The lowest BCUT2D eigenvalue weighted by Gasteiger charge is -2.45. The summed E-state index contributed by atoms with van der Waals surface area (Å²) in [5.74, 6) is 0.0428. The maximum atomic E-state index is 12.1. The average Bonchev–Trinajstić information content (AvgIpc) is 2.38. The molecule has 0 aromatic carbocycles. The smallest absolute Gasteiger partial charge is 0.410 e. The Labute approximate surface area is 132 Å². The van der Waals surface area contributed by atoms with Crippen molar-refractivity contribution >= 4 is 22.9 Å². The van der Waals surface area contributed by atoms with Crippen LogP contribution in [0.3, 0.4) is 0 Å². The van der Waals surface area contributed by atoms with Gasteiger partial charge in [0.2, 0.25) is 5.24 Å². The van der Waals surface area contributed by atoms with Gasteiger partial charge in [-0.25, -0.2) is 4.79 Å². The van der Waals surface area contributed by atoms with Crippen LogP contribution in [-0.4, -0.2) is 34.9 Å². The zero-order valence-electron chi connectivity index (χ0n) is 13.3. The Hall–Kier alpha value is -0.770. The second-order valence-electron chi connectivity index (χ2n) is 7.55. The van der Waals surface area contributed by atoms with Crippen LogP contribution in [0, 0.1) is 11.3 Å². The Morgan fingerprint density at radius 3 is 2.05 bits per heavy atom. The van der Waals surface area contributed by atoms with Crippen molar-refractivity contribution in [2.24, 2.45) is 11.3 Å². The highest BCUT2D eigenvalue weighted by Crippen LogP contribution is 2.46. The third-order valence-electron chi connectivity index (χ3n) is 4.84. The van der Waals surface area contributed by atoms with Crippen LogP contribution in [0.2, 0.25) is 0 Å². The van der Waals surface area contributed by atoms with Crippen LogP contribution >= 0.6 is 11.6 Å². The molecule has 4 nitrogen and oxygen atoms in total. The van der Waals surface area contributed by atoms with Crippen molar-refractivity contribution in [2.75, 3.05) is 13.1 Å². The van der Waals surface area contributed by atoms with E-state index in [2.05, 4.69) is 0 Å². The van der Waals surface area contributed by atoms with E-state index in [0.717, 1.165) is 51.6 Å². The molecule has 0 aromatic rings. The van der Waals surface area contributed by atoms with E-state index in [4.69, 9.17) is 16.3 Å². The van der Waals surface area contributed by atoms with Gasteiger partial charge in [0.1, 0.15) is 5.60 Å². The van der Waals surface area contributed by atoms with Crippen molar-refractivity contribution in [3.8, 4) is 0 Å². The van der Waals surface area contributed by atoms with E-state index in [-0.39, 0.29) is 17.3 Å². The zero-order chi connectivity index (χ0) is 15.7. The Balaban J connectivity index is 1.84. The summed E-state index contributed by atoms with van der Waals surface area (Å²) < 4.78 is 5.43. The van der Waals surface area contributed by atoms with E-state index in [1.807, 2.05) is 25.7 Å². The minimum Gasteiger partial charge on any atom is -0.444 e. The zero-order valence-corrected chi connectivity index (χ0v) is 14.0. The fourth-order valence-corrected chi connectivity index (χ4v) is 3.67. The first-order valence-electron chi connectivity index (χ1n) is 7.88. The molecule has 120 valence electrons. The number of hydrogen-bond donors (Lipinski definition) is 0. The highest BCUT2D eigenvalue weighted by molar-refractivity contribution is 6.63. The third kappa shape index (κ3) is 4.35. The number of piperidine rings is 1. The molecule has 0 atom stereocenters. The van der Waals surface area contributed by atoms with Gasteiger partial charge >= 0.3 is 6.09 Å². The summed E-state index contributed by atoms with van der Waals surface area (Å²) in [4.78, 5) is 25.1. The lowest BCUT2D eigenvalue weighted by molar-refractivity contribution is -0.117. The van der Waals surface area contributed by atoms with Gasteiger partial charge in [-0.2, -0.15) is 0 Å². The average molecular weight is 316 g/mol. The van der Waals surface area contributed by atoms with Gasteiger partial charge in [0.15, 0.2) is 0 Å². The molecule has 1 aliphatic carbocycles. The van der Waals surface area contributed by atoms with Gasteiger partial charge in [-0.3, -0.25) is 4.79 Å². The highest BCUT2D eigenvalue weighted by Gasteiger charge is 2.40. The number of rotatable bonds is 1. The van der Waals surface area contributed by atoms with Gasteiger partial charge in [0.05, 0.1) is 0 Å². The molecule has 1 saturated heterocycles. The van der Waals surface area contributed by atoms with Crippen LogP contribution < -0.4 is 0 Å². The molecule has 2 aliphatic rings. The quantitative estimate of drug-likeness (QED) is 0.688. The lowest BCUT2D eigenvalue weighted by atomic mass is 9.66. The van der Waals surface area contributed by atoms with E-state index in [0.29, 0.717) is 5.41 Å².